The summed E-state index contributed by atoms with van der Waals surface area (Å²) in [5, 5.41) is 0.634. The van der Waals surface area contributed by atoms with Crippen LogP contribution in [0.15, 0.2) is 42.5 Å². The van der Waals surface area contributed by atoms with Crippen molar-refractivity contribution < 1.29 is 4.79 Å². The normalized spacial score (nSPS) is 17.6. The number of benzene rings is 2. The second-order valence-corrected chi connectivity index (χ2v) is 5.97. The Balaban J connectivity index is 1.88. The predicted molar refractivity (Wildman–Crippen MR) is 82.5 cm³/mol. The van der Waals surface area contributed by atoms with Crippen LogP contribution in [0.4, 0.5) is 0 Å². The van der Waals surface area contributed by atoms with Crippen LogP contribution in [0.5, 0.6) is 0 Å². The van der Waals surface area contributed by atoms with Gasteiger partial charge in [-0.05, 0) is 55.0 Å². The fourth-order valence-corrected chi connectivity index (χ4v) is 3.17. The van der Waals surface area contributed by atoms with Gasteiger partial charge in [0, 0.05) is 16.5 Å². The Morgan fingerprint density at radius 3 is 2.70 bits per heavy atom. The molecule has 1 unspecified atom stereocenters. The number of halogens is 1. The molecule has 102 valence electrons. The summed E-state index contributed by atoms with van der Waals surface area (Å²) in [5.74, 6) is 0.321. The van der Waals surface area contributed by atoms with Crippen LogP contribution in [0, 0.1) is 12.8 Å². The number of aryl methyl sites for hydroxylation is 2. The van der Waals surface area contributed by atoms with Crippen molar-refractivity contribution in [3.63, 3.8) is 0 Å². The van der Waals surface area contributed by atoms with E-state index in [4.69, 9.17) is 11.6 Å². The van der Waals surface area contributed by atoms with E-state index in [1.807, 2.05) is 19.1 Å². The Kier molecular flexibility index (Phi) is 3.62. The second kappa shape index (κ2) is 5.41. The zero-order chi connectivity index (χ0) is 14.1. The van der Waals surface area contributed by atoms with Gasteiger partial charge in [0.25, 0.3) is 0 Å². The molecule has 0 N–H and O–H groups in total. The lowest BCUT2D eigenvalue weighted by atomic mass is 9.79. The Morgan fingerprint density at radius 2 is 1.90 bits per heavy atom. The number of Topliss-reactive ketones (excluding diaryl/α,β-unsaturated/α-hetero) is 1. The van der Waals surface area contributed by atoms with Crippen LogP contribution >= 0.6 is 11.6 Å². The molecule has 2 heteroatoms. The van der Waals surface area contributed by atoms with E-state index in [1.54, 1.807) is 6.07 Å². The van der Waals surface area contributed by atoms with Crippen LogP contribution < -0.4 is 0 Å². The van der Waals surface area contributed by atoms with E-state index in [0.29, 0.717) is 5.02 Å². The van der Waals surface area contributed by atoms with Crippen molar-refractivity contribution >= 4 is 17.4 Å². The van der Waals surface area contributed by atoms with Gasteiger partial charge in [-0.3, -0.25) is 4.79 Å². The van der Waals surface area contributed by atoms with E-state index in [9.17, 15) is 4.79 Å². The zero-order valence-corrected chi connectivity index (χ0v) is 12.3. The van der Waals surface area contributed by atoms with Gasteiger partial charge in [0.2, 0.25) is 0 Å². The number of hydrogen-bond acceptors (Lipinski definition) is 1. The summed E-state index contributed by atoms with van der Waals surface area (Å²) in [6.07, 6.45) is 2.77. The third-order valence-electron chi connectivity index (χ3n) is 4.18. The zero-order valence-electron chi connectivity index (χ0n) is 11.5. The fourth-order valence-electron chi connectivity index (χ4n) is 3.00. The highest BCUT2D eigenvalue weighted by Crippen LogP contribution is 2.29. The van der Waals surface area contributed by atoms with Gasteiger partial charge in [0.15, 0.2) is 5.78 Å². The van der Waals surface area contributed by atoms with Gasteiger partial charge in [0.1, 0.15) is 0 Å². The molecule has 1 aliphatic rings. The molecule has 0 heterocycles. The van der Waals surface area contributed by atoms with E-state index < -0.39 is 0 Å². The summed E-state index contributed by atoms with van der Waals surface area (Å²) in [5.41, 5.74) is 4.50. The van der Waals surface area contributed by atoms with Crippen LogP contribution in [0.2, 0.25) is 5.02 Å². The van der Waals surface area contributed by atoms with Crippen LogP contribution in [-0.4, -0.2) is 5.78 Å². The molecule has 0 spiro atoms. The van der Waals surface area contributed by atoms with E-state index in [1.165, 1.54) is 11.1 Å². The number of ketones is 1. The number of rotatable bonds is 2. The summed E-state index contributed by atoms with van der Waals surface area (Å²) in [6, 6.07) is 14.0. The van der Waals surface area contributed by atoms with Crippen molar-refractivity contribution in [2.75, 3.05) is 0 Å². The Bertz CT molecular complexity index is 660. The topological polar surface area (TPSA) is 17.1 Å². The van der Waals surface area contributed by atoms with Crippen LogP contribution in [0.3, 0.4) is 0 Å². The van der Waals surface area contributed by atoms with Gasteiger partial charge in [-0.1, -0.05) is 41.9 Å². The molecule has 1 nitrogen and oxygen atoms in total. The summed E-state index contributed by atoms with van der Waals surface area (Å²) < 4.78 is 0. The maximum Gasteiger partial charge on any atom is 0.166 e. The summed E-state index contributed by atoms with van der Waals surface area (Å²) in [4.78, 5) is 12.7. The smallest absolute Gasteiger partial charge is 0.166 e. The maximum atomic E-state index is 12.7. The number of carbonyl (C=O) groups excluding carboxylic acids is 1. The van der Waals surface area contributed by atoms with Crippen molar-refractivity contribution in [1.82, 2.24) is 0 Å². The highest BCUT2D eigenvalue weighted by atomic mass is 35.5. The van der Waals surface area contributed by atoms with Crippen LogP contribution in [0.1, 0.15) is 33.5 Å². The lowest BCUT2D eigenvalue weighted by Gasteiger charge is -2.24. The summed E-state index contributed by atoms with van der Waals surface area (Å²) >= 11 is 6.03. The predicted octanol–water partition coefficient (Wildman–Crippen LogP) is 4.64. The van der Waals surface area contributed by atoms with E-state index >= 15 is 0 Å². The summed E-state index contributed by atoms with van der Waals surface area (Å²) in [7, 11) is 0. The third kappa shape index (κ3) is 2.51. The molecule has 0 radical (unpaired) electrons. The molecule has 1 atom stereocenters. The van der Waals surface area contributed by atoms with E-state index in [0.717, 1.165) is 30.4 Å². The molecule has 0 bridgehead atoms. The molecule has 2 aromatic carbocycles. The molecule has 0 fully saturated rings. The molecular weight excluding hydrogens is 268 g/mol. The first-order chi connectivity index (χ1) is 9.65. The largest absolute Gasteiger partial charge is 0.294 e. The molecule has 3 rings (SSSR count). The first-order valence-corrected chi connectivity index (χ1v) is 7.40. The van der Waals surface area contributed by atoms with Crippen LogP contribution in [0.25, 0.3) is 0 Å². The Morgan fingerprint density at radius 1 is 1.15 bits per heavy atom. The molecule has 0 amide bonds. The molecular formula is C18H17ClO. The lowest BCUT2D eigenvalue weighted by molar-refractivity contribution is 0.0908. The molecule has 0 aliphatic heterocycles. The van der Waals surface area contributed by atoms with Gasteiger partial charge in [-0.25, -0.2) is 0 Å². The minimum absolute atomic E-state index is 0.0852. The average molecular weight is 285 g/mol. The highest BCUT2D eigenvalue weighted by Gasteiger charge is 2.26. The standard InChI is InChI=1S/C18H17ClO/c1-12-6-9-16(19)11-17(12)18(20)15-8-7-13-4-2-3-5-14(13)10-15/h2-6,9,11,15H,7-8,10H2,1H3. The Hall–Kier alpha value is -1.60. The van der Waals surface area contributed by atoms with Gasteiger partial charge in [-0.15, -0.1) is 0 Å². The van der Waals surface area contributed by atoms with Crippen molar-refractivity contribution in [3.8, 4) is 0 Å². The quantitative estimate of drug-likeness (QED) is 0.735. The number of fused-ring (bicyclic) bond motifs is 1. The second-order valence-electron chi connectivity index (χ2n) is 5.53. The Labute approximate surface area is 124 Å². The first kappa shape index (κ1) is 13.4. The molecule has 2 aromatic rings. The van der Waals surface area contributed by atoms with Gasteiger partial charge >= 0.3 is 0 Å². The highest BCUT2D eigenvalue weighted by molar-refractivity contribution is 6.31. The maximum absolute atomic E-state index is 12.7. The average Bonchev–Trinajstić information content (AvgIpc) is 2.48. The van der Waals surface area contributed by atoms with Gasteiger partial charge in [-0.2, -0.15) is 0 Å². The van der Waals surface area contributed by atoms with Crippen molar-refractivity contribution in [1.29, 1.82) is 0 Å². The molecule has 0 aromatic heterocycles. The lowest BCUT2D eigenvalue weighted by Crippen LogP contribution is -2.23. The first-order valence-electron chi connectivity index (χ1n) is 7.02. The molecule has 20 heavy (non-hydrogen) atoms. The number of carbonyl (C=O) groups is 1. The van der Waals surface area contributed by atoms with Crippen LogP contribution in [-0.2, 0) is 12.8 Å². The van der Waals surface area contributed by atoms with Crippen molar-refractivity contribution in [2.24, 2.45) is 5.92 Å². The van der Waals surface area contributed by atoms with E-state index in [-0.39, 0.29) is 11.7 Å². The fraction of sp³-hybridized carbons (Fsp3) is 0.278. The molecule has 1 aliphatic carbocycles. The molecule has 0 saturated heterocycles. The summed E-state index contributed by atoms with van der Waals surface area (Å²) in [6.45, 7) is 1.97. The van der Waals surface area contributed by atoms with E-state index in [2.05, 4.69) is 24.3 Å². The monoisotopic (exact) mass is 284 g/mol. The van der Waals surface area contributed by atoms with Crippen molar-refractivity contribution in [2.45, 2.75) is 26.2 Å². The van der Waals surface area contributed by atoms with Crippen molar-refractivity contribution in [3.05, 3.63) is 69.7 Å². The van der Waals surface area contributed by atoms with Gasteiger partial charge < -0.3 is 0 Å². The SMILES string of the molecule is Cc1ccc(Cl)cc1C(=O)C1CCc2ccccc2C1. The molecule has 0 saturated carbocycles. The van der Waals surface area contributed by atoms with Gasteiger partial charge in [0.05, 0.1) is 0 Å². The number of hydrogen-bond donors (Lipinski definition) is 0. The minimum atomic E-state index is 0.0852. The minimum Gasteiger partial charge on any atom is -0.294 e. The third-order valence-corrected chi connectivity index (χ3v) is 4.42.